The van der Waals surface area contributed by atoms with Gasteiger partial charge < -0.3 is 4.90 Å². The van der Waals surface area contributed by atoms with E-state index in [1.54, 1.807) is 66.7 Å². The van der Waals surface area contributed by atoms with Gasteiger partial charge in [-0.2, -0.15) is 0 Å². The number of hydrogen-bond donors (Lipinski definition) is 0. The van der Waals surface area contributed by atoms with E-state index in [0.717, 1.165) is 0 Å². The van der Waals surface area contributed by atoms with Crippen LogP contribution in [-0.2, 0) is 0 Å². The third-order valence-electron chi connectivity index (χ3n) is 8.33. The van der Waals surface area contributed by atoms with Crippen LogP contribution in [0.1, 0.15) is 48.1 Å². The summed E-state index contributed by atoms with van der Waals surface area (Å²) in [4.78, 5) is 45.5. The smallest absolute Gasteiger partial charge is 0.187 e. The Kier molecular flexibility index (Phi) is 5.23. The Bertz CT molecular complexity index is 1700. The lowest BCUT2D eigenvalue weighted by atomic mass is 9.64. The van der Waals surface area contributed by atoms with Crippen LogP contribution >= 0.6 is 11.6 Å². The van der Waals surface area contributed by atoms with E-state index in [1.165, 1.54) is 12.1 Å². The van der Waals surface area contributed by atoms with Crippen LogP contribution in [-0.4, -0.2) is 29.4 Å². The normalized spacial score (nSPS) is 22.1. The Morgan fingerprint density at radius 2 is 1.46 bits per heavy atom. The maximum atomic E-state index is 14.6. The van der Waals surface area contributed by atoms with E-state index in [0.29, 0.717) is 33.5 Å². The van der Waals surface area contributed by atoms with Crippen molar-refractivity contribution in [1.82, 2.24) is 0 Å². The molecule has 0 saturated carbocycles. The van der Waals surface area contributed by atoms with Gasteiger partial charge in [0.2, 0.25) is 0 Å². The summed E-state index contributed by atoms with van der Waals surface area (Å²) in [6.45, 7) is 0. The van der Waals surface area contributed by atoms with E-state index in [1.807, 2.05) is 35.2 Å². The summed E-state index contributed by atoms with van der Waals surface area (Å²) in [7, 11) is 0. The summed E-state index contributed by atoms with van der Waals surface area (Å²) < 4.78 is 14.3. The predicted octanol–water partition coefficient (Wildman–Crippen LogP) is 6.80. The predicted molar refractivity (Wildman–Crippen MR) is 148 cm³/mol. The third-order valence-corrected chi connectivity index (χ3v) is 8.66. The van der Waals surface area contributed by atoms with Crippen LogP contribution < -0.4 is 4.90 Å². The maximum Gasteiger partial charge on any atom is 0.187 e. The SMILES string of the molecule is O=C(c1ccccc1Cl)[C@@H]1[C@H](c2ccccc2)C2(C(=O)c3ccccc3C2=O)[C@H]2C=Cc3cc(F)ccc3N12. The minimum atomic E-state index is -1.60. The minimum absolute atomic E-state index is 0.283. The molecular formula is C33H21ClFNO3. The van der Waals surface area contributed by atoms with Crippen LogP contribution in [0.2, 0.25) is 5.02 Å². The zero-order valence-corrected chi connectivity index (χ0v) is 21.3. The molecule has 0 amide bonds. The Morgan fingerprint density at radius 1 is 0.821 bits per heavy atom. The summed E-state index contributed by atoms with van der Waals surface area (Å²) >= 11 is 6.53. The molecule has 39 heavy (non-hydrogen) atoms. The second-order valence-corrected chi connectivity index (χ2v) is 10.6. The largest absolute Gasteiger partial charge is 0.352 e. The molecule has 0 bridgehead atoms. The summed E-state index contributed by atoms with van der Waals surface area (Å²) in [5, 5.41) is 0.283. The Hall–Kier alpha value is -4.35. The molecule has 4 nitrogen and oxygen atoms in total. The summed E-state index contributed by atoms with van der Waals surface area (Å²) in [6, 6.07) is 25.5. The van der Waals surface area contributed by atoms with Crippen molar-refractivity contribution in [2.24, 2.45) is 5.41 Å². The number of Topliss-reactive ketones (excluding diaryl/α,β-unsaturated/α-hetero) is 3. The van der Waals surface area contributed by atoms with Crippen molar-refractivity contribution < 1.29 is 18.8 Å². The van der Waals surface area contributed by atoms with E-state index in [4.69, 9.17) is 11.6 Å². The zero-order chi connectivity index (χ0) is 26.9. The highest BCUT2D eigenvalue weighted by atomic mass is 35.5. The number of benzene rings is 4. The van der Waals surface area contributed by atoms with E-state index < -0.39 is 29.2 Å². The second-order valence-electron chi connectivity index (χ2n) is 10.2. The van der Waals surface area contributed by atoms with Gasteiger partial charge >= 0.3 is 0 Å². The lowest BCUT2D eigenvalue weighted by molar-refractivity contribution is 0.0666. The van der Waals surface area contributed by atoms with Crippen LogP contribution in [0.4, 0.5) is 10.1 Å². The fraction of sp³-hybridized carbons (Fsp3) is 0.121. The highest BCUT2D eigenvalue weighted by molar-refractivity contribution is 6.35. The topological polar surface area (TPSA) is 54.5 Å². The molecule has 4 aromatic rings. The molecule has 7 rings (SSSR count). The Labute approximate surface area is 229 Å². The molecule has 4 aromatic carbocycles. The molecule has 1 spiro atoms. The molecule has 6 heteroatoms. The molecule has 3 atom stereocenters. The van der Waals surface area contributed by atoms with Crippen molar-refractivity contribution in [2.75, 3.05) is 4.90 Å². The van der Waals surface area contributed by atoms with Crippen LogP contribution in [0.5, 0.6) is 0 Å². The van der Waals surface area contributed by atoms with Crippen molar-refractivity contribution in [3.05, 3.63) is 142 Å². The van der Waals surface area contributed by atoms with Crippen molar-refractivity contribution in [1.29, 1.82) is 0 Å². The molecular weight excluding hydrogens is 513 g/mol. The lowest BCUT2D eigenvalue weighted by Crippen LogP contribution is -2.48. The molecule has 1 saturated heterocycles. The number of anilines is 1. The highest BCUT2D eigenvalue weighted by Gasteiger charge is 2.71. The van der Waals surface area contributed by atoms with Gasteiger partial charge in [-0.15, -0.1) is 0 Å². The van der Waals surface area contributed by atoms with Crippen molar-refractivity contribution in [3.8, 4) is 0 Å². The zero-order valence-electron chi connectivity index (χ0n) is 20.6. The minimum Gasteiger partial charge on any atom is -0.352 e. The number of carbonyl (C=O) groups is 3. The second kappa shape index (κ2) is 8.58. The lowest BCUT2D eigenvalue weighted by Gasteiger charge is -2.37. The quantitative estimate of drug-likeness (QED) is 0.215. The van der Waals surface area contributed by atoms with Gasteiger partial charge in [0.1, 0.15) is 17.3 Å². The number of halogens is 2. The van der Waals surface area contributed by atoms with E-state index >= 15 is 0 Å². The van der Waals surface area contributed by atoms with E-state index in [9.17, 15) is 18.8 Å². The molecule has 2 aliphatic heterocycles. The average molecular weight is 534 g/mol. The van der Waals surface area contributed by atoms with Gasteiger partial charge in [0.25, 0.3) is 0 Å². The highest BCUT2D eigenvalue weighted by Crippen LogP contribution is 2.61. The third kappa shape index (κ3) is 3.14. The van der Waals surface area contributed by atoms with E-state index in [2.05, 4.69) is 0 Å². The van der Waals surface area contributed by atoms with Gasteiger partial charge in [0.15, 0.2) is 17.3 Å². The first-order valence-electron chi connectivity index (χ1n) is 12.7. The number of rotatable bonds is 3. The van der Waals surface area contributed by atoms with Gasteiger partial charge in [-0.1, -0.05) is 90.5 Å². The van der Waals surface area contributed by atoms with Crippen LogP contribution in [0, 0.1) is 11.2 Å². The Morgan fingerprint density at radius 3 is 2.15 bits per heavy atom. The number of hydrogen-bond acceptors (Lipinski definition) is 4. The van der Waals surface area contributed by atoms with Gasteiger partial charge in [-0.3, -0.25) is 14.4 Å². The summed E-state index contributed by atoms with van der Waals surface area (Å²) in [5.74, 6) is -2.17. The van der Waals surface area contributed by atoms with Crippen molar-refractivity contribution >= 4 is 40.7 Å². The van der Waals surface area contributed by atoms with Gasteiger partial charge in [0.05, 0.1) is 11.1 Å². The van der Waals surface area contributed by atoms with Crippen LogP contribution in [0.15, 0.2) is 103 Å². The van der Waals surface area contributed by atoms with Crippen LogP contribution in [0.25, 0.3) is 6.08 Å². The van der Waals surface area contributed by atoms with Gasteiger partial charge in [-0.05, 0) is 35.9 Å². The molecule has 0 N–H and O–H groups in total. The van der Waals surface area contributed by atoms with Crippen LogP contribution in [0.3, 0.4) is 0 Å². The summed E-state index contributed by atoms with van der Waals surface area (Å²) in [6.07, 6.45) is 3.52. The van der Waals surface area contributed by atoms with Crippen molar-refractivity contribution in [3.63, 3.8) is 0 Å². The van der Waals surface area contributed by atoms with Gasteiger partial charge in [0, 0.05) is 33.9 Å². The van der Waals surface area contributed by atoms with E-state index in [-0.39, 0.29) is 22.4 Å². The fourth-order valence-electron chi connectivity index (χ4n) is 6.80. The number of nitrogens with zero attached hydrogens (tertiary/aromatic N) is 1. The molecule has 0 aromatic heterocycles. The van der Waals surface area contributed by atoms with Gasteiger partial charge in [-0.25, -0.2) is 4.39 Å². The number of ketones is 3. The molecule has 2 heterocycles. The fourth-order valence-corrected chi connectivity index (χ4v) is 7.03. The Balaban J connectivity index is 1.56. The molecule has 1 aliphatic carbocycles. The molecule has 3 aliphatic rings. The monoisotopic (exact) mass is 533 g/mol. The first-order chi connectivity index (χ1) is 18.9. The number of fused-ring (bicyclic) bond motifs is 5. The standard InChI is InChI=1S/C33H21ClFNO3/c34-25-13-7-6-12-24(25)30(37)29-28(19-8-2-1-3-9-19)33(31(38)22-10-4-5-11-23(22)32(33)39)27-17-14-20-18-21(35)15-16-26(20)36(27)29/h1-18,27-29H/t27-,28+,29+/m1/s1. The molecule has 190 valence electrons. The average Bonchev–Trinajstić information content (AvgIpc) is 3.39. The molecule has 0 radical (unpaired) electrons. The maximum absolute atomic E-state index is 14.6. The first kappa shape index (κ1) is 23.7. The molecule has 0 unspecified atom stereocenters. The first-order valence-corrected chi connectivity index (χ1v) is 13.1. The van der Waals surface area contributed by atoms with Crippen molar-refractivity contribution in [2.45, 2.75) is 18.0 Å². The number of carbonyl (C=O) groups excluding carboxylic acids is 3. The summed E-state index contributed by atoms with van der Waals surface area (Å²) in [5.41, 5.74) is 1.26. The molecule has 1 fully saturated rings.